The summed E-state index contributed by atoms with van der Waals surface area (Å²) in [6, 6.07) is 11.5. The van der Waals surface area contributed by atoms with E-state index in [4.69, 9.17) is 15.9 Å². The lowest BCUT2D eigenvalue weighted by atomic mass is 10.1. The lowest BCUT2D eigenvalue weighted by Crippen LogP contribution is -2.55. The summed E-state index contributed by atoms with van der Waals surface area (Å²) in [7, 11) is 0. The van der Waals surface area contributed by atoms with Gasteiger partial charge in [0.15, 0.2) is 12.2 Å². The number of nitrogens with one attached hydrogen (secondary N) is 2. The number of benzene rings is 2. The third-order valence-electron chi connectivity index (χ3n) is 4.28. The number of amides is 2. The first-order valence-corrected chi connectivity index (χ1v) is 8.49. The summed E-state index contributed by atoms with van der Waals surface area (Å²) >= 11 is 0. The van der Waals surface area contributed by atoms with E-state index in [1.54, 1.807) is 12.1 Å². The second-order valence-corrected chi connectivity index (χ2v) is 6.18. The molecule has 1 fully saturated rings. The number of aliphatic hydroxyl groups is 1. The minimum absolute atomic E-state index is 0.111. The topological polar surface area (TPSA) is 129 Å². The van der Waals surface area contributed by atoms with Gasteiger partial charge in [0.1, 0.15) is 11.7 Å². The van der Waals surface area contributed by atoms with Crippen LogP contribution in [-0.2, 0) is 14.3 Å². The Bertz CT molecular complexity index is 886. The molecule has 1 aliphatic heterocycles. The van der Waals surface area contributed by atoms with E-state index in [2.05, 4.69) is 5.32 Å². The van der Waals surface area contributed by atoms with Gasteiger partial charge >= 0.3 is 0 Å². The van der Waals surface area contributed by atoms with Crippen LogP contribution < -0.4 is 16.0 Å². The molecule has 8 nitrogen and oxygen atoms in total. The molecule has 1 heterocycles. The molecule has 2 aromatic rings. The van der Waals surface area contributed by atoms with E-state index in [9.17, 15) is 19.1 Å². The number of morpholine rings is 1. The van der Waals surface area contributed by atoms with E-state index in [0.717, 1.165) is 0 Å². The van der Waals surface area contributed by atoms with Gasteiger partial charge in [-0.05, 0) is 48.5 Å². The van der Waals surface area contributed by atoms with Crippen molar-refractivity contribution in [3.8, 4) is 0 Å². The van der Waals surface area contributed by atoms with E-state index in [0.29, 0.717) is 16.9 Å². The van der Waals surface area contributed by atoms with Crippen molar-refractivity contribution in [3.05, 3.63) is 59.9 Å². The highest BCUT2D eigenvalue weighted by Crippen LogP contribution is 2.21. The van der Waals surface area contributed by atoms with E-state index >= 15 is 0 Å². The van der Waals surface area contributed by atoms with Gasteiger partial charge in [-0.2, -0.15) is 0 Å². The van der Waals surface area contributed by atoms with Crippen molar-refractivity contribution >= 4 is 29.0 Å². The third-order valence-corrected chi connectivity index (χ3v) is 4.28. The van der Waals surface area contributed by atoms with Gasteiger partial charge in [0.2, 0.25) is 0 Å². The number of ether oxygens (including phenoxy) is 1. The molecule has 2 atom stereocenters. The maximum atomic E-state index is 13.1. The van der Waals surface area contributed by atoms with Gasteiger partial charge in [0.25, 0.3) is 11.8 Å². The van der Waals surface area contributed by atoms with Gasteiger partial charge < -0.3 is 25.8 Å². The summed E-state index contributed by atoms with van der Waals surface area (Å²) in [5.74, 6) is -1.95. The molecule has 1 unspecified atom stereocenters. The number of amidine groups is 1. The zero-order chi connectivity index (χ0) is 20.3. The average Bonchev–Trinajstić information content (AvgIpc) is 2.69. The first-order chi connectivity index (χ1) is 13.4. The Kier molecular flexibility index (Phi) is 5.67. The summed E-state index contributed by atoms with van der Waals surface area (Å²) in [6.07, 6.45) is -3.11. The van der Waals surface area contributed by atoms with Gasteiger partial charge in [0, 0.05) is 23.5 Å². The highest BCUT2D eigenvalue weighted by Gasteiger charge is 2.39. The monoisotopic (exact) mass is 386 g/mol. The maximum absolute atomic E-state index is 13.1. The molecule has 146 valence electrons. The van der Waals surface area contributed by atoms with Crippen LogP contribution in [0.1, 0.15) is 5.56 Å². The highest BCUT2D eigenvalue weighted by atomic mass is 19.1. The summed E-state index contributed by atoms with van der Waals surface area (Å²) in [4.78, 5) is 26.3. The van der Waals surface area contributed by atoms with Crippen LogP contribution >= 0.6 is 0 Å². The second-order valence-electron chi connectivity index (χ2n) is 6.18. The first kappa shape index (κ1) is 19.5. The Balaban J connectivity index is 1.69. The average molecular weight is 386 g/mol. The van der Waals surface area contributed by atoms with Gasteiger partial charge in [-0.25, -0.2) is 4.39 Å². The zero-order valence-electron chi connectivity index (χ0n) is 14.8. The Morgan fingerprint density at radius 2 is 1.89 bits per heavy atom. The number of anilines is 2. The number of halogens is 1. The molecule has 2 aromatic carbocycles. The number of rotatable bonds is 5. The van der Waals surface area contributed by atoms with Gasteiger partial charge in [-0.3, -0.25) is 15.0 Å². The SMILES string of the molecule is N=C(N)c1ccc(NC(=O)C(O)[C@H]2OCCN(c3ccc(F)cc3)C2=O)cc1. The Labute approximate surface area is 160 Å². The molecule has 1 saturated heterocycles. The van der Waals surface area contributed by atoms with Crippen molar-refractivity contribution in [2.24, 2.45) is 5.73 Å². The number of carbonyl (C=O) groups is 2. The minimum atomic E-state index is -1.73. The van der Waals surface area contributed by atoms with Crippen molar-refractivity contribution in [1.82, 2.24) is 0 Å². The lowest BCUT2D eigenvalue weighted by Gasteiger charge is -2.34. The summed E-state index contributed by atoms with van der Waals surface area (Å²) in [5, 5.41) is 20.2. The molecule has 0 aromatic heterocycles. The predicted molar refractivity (Wildman–Crippen MR) is 101 cm³/mol. The smallest absolute Gasteiger partial charge is 0.259 e. The molecule has 0 aliphatic carbocycles. The maximum Gasteiger partial charge on any atom is 0.259 e. The zero-order valence-corrected chi connectivity index (χ0v) is 14.8. The standard InChI is InChI=1S/C19H19FN4O4/c20-12-3-7-14(8-4-12)24-9-10-28-16(19(24)27)15(25)18(26)23-13-5-1-11(2-6-13)17(21)22/h1-8,15-16,25H,9-10H2,(H3,21,22)(H,23,26)/t15?,16-/m1/s1. The van der Waals surface area contributed by atoms with Crippen LogP contribution in [0.25, 0.3) is 0 Å². The Morgan fingerprint density at radius 1 is 1.25 bits per heavy atom. The predicted octanol–water partition coefficient (Wildman–Crippen LogP) is 0.841. The molecule has 1 aliphatic rings. The second kappa shape index (κ2) is 8.15. The number of nitrogens with zero attached hydrogens (tertiary/aromatic N) is 1. The number of hydrogen-bond acceptors (Lipinski definition) is 5. The summed E-state index contributed by atoms with van der Waals surface area (Å²) in [5.41, 5.74) is 6.68. The Morgan fingerprint density at radius 3 is 2.50 bits per heavy atom. The molecular formula is C19H19FN4O4. The molecule has 2 amide bonds. The fourth-order valence-electron chi connectivity index (χ4n) is 2.80. The lowest BCUT2D eigenvalue weighted by molar-refractivity contribution is -0.150. The Hall–Kier alpha value is -3.30. The van der Waals surface area contributed by atoms with Crippen LogP contribution in [0.15, 0.2) is 48.5 Å². The van der Waals surface area contributed by atoms with E-state index in [1.807, 2.05) is 0 Å². The van der Waals surface area contributed by atoms with Crippen LogP contribution in [0.5, 0.6) is 0 Å². The molecule has 28 heavy (non-hydrogen) atoms. The van der Waals surface area contributed by atoms with Crippen LogP contribution in [0.4, 0.5) is 15.8 Å². The number of nitrogen functional groups attached to an aromatic ring is 1. The van der Waals surface area contributed by atoms with Gasteiger partial charge in [-0.1, -0.05) is 0 Å². The first-order valence-electron chi connectivity index (χ1n) is 8.49. The number of nitrogens with two attached hydrogens (primary N) is 1. The normalized spacial score (nSPS) is 17.9. The molecular weight excluding hydrogens is 367 g/mol. The number of aliphatic hydroxyl groups excluding tert-OH is 1. The minimum Gasteiger partial charge on any atom is -0.384 e. The van der Waals surface area contributed by atoms with Crippen LogP contribution in [0, 0.1) is 11.2 Å². The van der Waals surface area contributed by atoms with E-state index in [1.165, 1.54) is 41.3 Å². The van der Waals surface area contributed by atoms with Crippen LogP contribution in [-0.4, -0.2) is 48.1 Å². The highest BCUT2D eigenvalue weighted by molar-refractivity contribution is 6.04. The van der Waals surface area contributed by atoms with E-state index < -0.39 is 29.8 Å². The van der Waals surface area contributed by atoms with Crippen molar-refractivity contribution in [1.29, 1.82) is 5.41 Å². The molecule has 0 saturated carbocycles. The van der Waals surface area contributed by atoms with Crippen molar-refractivity contribution in [2.75, 3.05) is 23.4 Å². The number of carbonyl (C=O) groups excluding carboxylic acids is 2. The van der Waals surface area contributed by atoms with Crippen molar-refractivity contribution in [3.63, 3.8) is 0 Å². The van der Waals surface area contributed by atoms with Crippen LogP contribution in [0.2, 0.25) is 0 Å². The molecule has 0 bridgehead atoms. The van der Waals surface area contributed by atoms with E-state index in [-0.39, 0.29) is 19.0 Å². The fraction of sp³-hybridized carbons (Fsp3) is 0.211. The van der Waals surface area contributed by atoms with Crippen LogP contribution in [0.3, 0.4) is 0 Å². The van der Waals surface area contributed by atoms with Crippen molar-refractivity contribution in [2.45, 2.75) is 12.2 Å². The van der Waals surface area contributed by atoms with Gasteiger partial charge in [-0.15, -0.1) is 0 Å². The summed E-state index contributed by atoms with van der Waals surface area (Å²) < 4.78 is 18.4. The summed E-state index contributed by atoms with van der Waals surface area (Å²) in [6.45, 7) is 0.341. The largest absolute Gasteiger partial charge is 0.384 e. The molecule has 0 spiro atoms. The molecule has 0 radical (unpaired) electrons. The van der Waals surface area contributed by atoms with Gasteiger partial charge in [0.05, 0.1) is 6.61 Å². The van der Waals surface area contributed by atoms with Crippen molar-refractivity contribution < 1.29 is 23.8 Å². The number of hydrogen-bond donors (Lipinski definition) is 4. The molecule has 9 heteroatoms. The molecule has 5 N–H and O–H groups in total. The molecule has 3 rings (SSSR count). The third kappa shape index (κ3) is 4.16. The fourth-order valence-corrected chi connectivity index (χ4v) is 2.80. The quantitative estimate of drug-likeness (QED) is 0.447.